The van der Waals surface area contributed by atoms with E-state index in [1.54, 1.807) is 12.0 Å². The van der Waals surface area contributed by atoms with E-state index in [9.17, 15) is 9.59 Å². The first-order chi connectivity index (χ1) is 13.2. The van der Waals surface area contributed by atoms with Crippen molar-refractivity contribution < 1.29 is 14.3 Å². The van der Waals surface area contributed by atoms with Crippen molar-refractivity contribution in [1.82, 2.24) is 10.2 Å². The number of benzene rings is 2. The van der Waals surface area contributed by atoms with Crippen LogP contribution < -0.4 is 15.0 Å². The van der Waals surface area contributed by atoms with Gasteiger partial charge in [-0.2, -0.15) is 0 Å². The minimum atomic E-state index is -0.137. The summed E-state index contributed by atoms with van der Waals surface area (Å²) in [6.45, 7) is 2.78. The fourth-order valence-corrected chi connectivity index (χ4v) is 3.22. The fraction of sp³-hybridized carbons (Fsp3) is 0.333. The van der Waals surface area contributed by atoms with Crippen LogP contribution in [-0.2, 0) is 16.0 Å². The molecule has 0 aliphatic carbocycles. The molecule has 2 amide bonds. The van der Waals surface area contributed by atoms with E-state index in [0.717, 1.165) is 30.1 Å². The normalized spacial score (nSPS) is 14.0. The van der Waals surface area contributed by atoms with E-state index in [0.29, 0.717) is 13.1 Å². The molecule has 0 atom stereocenters. The Kier molecular flexibility index (Phi) is 6.30. The number of hydrogen-bond acceptors (Lipinski definition) is 4. The third kappa shape index (κ3) is 5.00. The van der Waals surface area contributed by atoms with Gasteiger partial charge in [-0.25, -0.2) is 0 Å². The summed E-state index contributed by atoms with van der Waals surface area (Å²) < 4.78 is 5.42. The van der Waals surface area contributed by atoms with Crippen LogP contribution in [-0.4, -0.2) is 56.5 Å². The fourth-order valence-electron chi connectivity index (χ4n) is 3.22. The molecular formula is C21H25N3O3. The number of hydrogen-bond donors (Lipinski definition) is 1. The van der Waals surface area contributed by atoms with Crippen LogP contribution in [0.5, 0.6) is 5.75 Å². The molecule has 2 aromatic carbocycles. The second-order valence-corrected chi connectivity index (χ2v) is 6.48. The smallest absolute Gasteiger partial charge is 0.242 e. The standard InChI is InChI=1S/C21H25N3O3/c1-27-19-10-6-5-9-18(19)23-11-13-24(14-12-23)21(26)16-22-20(25)15-17-7-3-2-4-8-17/h2-10H,11-16H2,1H3,(H,22,25). The first-order valence-electron chi connectivity index (χ1n) is 9.13. The first-order valence-corrected chi connectivity index (χ1v) is 9.13. The molecule has 27 heavy (non-hydrogen) atoms. The van der Waals surface area contributed by atoms with Gasteiger partial charge in [0.15, 0.2) is 0 Å². The third-order valence-corrected chi connectivity index (χ3v) is 4.70. The SMILES string of the molecule is COc1ccccc1N1CCN(C(=O)CNC(=O)Cc2ccccc2)CC1. The highest BCUT2D eigenvalue weighted by molar-refractivity contribution is 5.85. The van der Waals surface area contributed by atoms with Crippen molar-refractivity contribution in [2.24, 2.45) is 0 Å². The summed E-state index contributed by atoms with van der Waals surface area (Å²) in [5.41, 5.74) is 1.98. The lowest BCUT2D eigenvalue weighted by molar-refractivity contribution is -0.133. The van der Waals surface area contributed by atoms with E-state index in [-0.39, 0.29) is 24.8 Å². The van der Waals surface area contributed by atoms with Crippen LogP contribution in [0.3, 0.4) is 0 Å². The molecule has 1 N–H and O–H groups in total. The summed E-state index contributed by atoms with van der Waals surface area (Å²) >= 11 is 0. The highest BCUT2D eigenvalue weighted by Crippen LogP contribution is 2.28. The summed E-state index contributed by atoms with van der Waals surface area (Å²) in [7, 11) is 1.66. The van der Waals surface area contributed by atoms with Crippen molar-refractivity contribution in [3.63, 3.8) is 0 Å². The largest absolute Gasteiger partial charge is 0.495 e. The number of piperazine rings is 1. The van der Waals surface area contributed by atoms with Crippen LogP contribution >= 0.6 is 0 Å². The topological polar surface area (TPSA) is 61.9 Å². The molecule has 0 bridgehead atoms. The number of para-hydroxylation sites is 2. The molecule has 1 aliphatic heterocycles. The van der Waals surface area contributed by atoms with Crippen molar-refractivity contribution in [2.75, 3.05) is 44.7 Å². The third-order valence-electron chi connectivity index (χ3n) is 4.70. The van der Waals surface area contributed by atoms with Crippen molar-refractivity contribution in [2.45, 2.75) is 6.42 Å². The van der Waals surface area contributed by atoms with E-state index in [2.05, 4.69) is 10.2 Å². The lowest BCUT2D eigenvalue weighted by Crippen LogP contribution is -2.51. The number of nitrogens with zero attached hydrogens (tertiary/aromatic N) is 2. The minimum Gasteiger partial charge on any atom is -0.495 e. The molecule has 3 rings (SSSR count). The van der Waals surface area contributed by atoms with Crippen molar-refractivity contribution in [1.29, 1.82) is 0 Å². The summed E-state index contributed by atoms with van der Waals surface area (Å²) in [5.74, 6) is 0.656. The first kappa shape index (κ1) is 18.8. The molecule has 0 radical (unpaired) electrons. The van der Waals surface area contributed by atoms with Gasteiger partial charge in [-0.05, 0) is 17.7 Å². The van der Waals surface area contributed by atoms with Crippen LogP contribution in [0.2, 0.25) is 0 Å². The van der Waals surface area contributed by atoms with E-state index in [1.807, 2.05) is 54.6 Å². The van der Waals surface area contributed by atoms with E-state index in [1.165, 1.54) is 0 Å². The van der Waals surface area contributed by atoms with Crippen LogP contribution in [0.15, 0.2) is 54.6 Å². The van der Waals surface area contributed by atoms with Gasteiger partial charge in [0, 0.05) is 26.2 Å². The monoisotopic (exact) mass is 367 g/mol. The Morgan fingerprint density at radius 2 is 1.63 bits per heavy atom. The maximum Gasteiger partial charge on any atom is 0.242 e. The van der Waals surface area contributed by atoms with Crippen molar-refractivity contribution in [3.05, 3.63) is 60.2 Å². The molecule has 1 heterocycles. The van der Waals surface area contributed by atoms with E-state index in [4.69, 9.17) is 4.74 Å². The highest BCUT2D eigenvalue weighted by Gasteiger charge is 2.23. The zero-order chi connectivity index (χ0) is 19.1. The van der Waals surface area contributed by atoms with Gasteiger partial charge in [-0.1, -0.05) is 42.5 Å². The van der Waals surface area contributed by atoms with E-state index < -0.39 is 0 Å². The molecule has 0 aromatic heterocycles. The molecule has 6 nitrogen and oxygen atoms in total. The Labute approximate surface area is 159 Å². The number of carbonyl (C=O) groups is 2. The number of carbonyl (C=O) groups excluding carboxylic acids is 2. The molecule has 0 unspecified atom stereocenters. The molecule has 2 aromatic rings. The second kappa shape index (κ2) is 9.07. The number of ether oxygens (including phenoxy) is 1. The molecule has 0 saturated carbocycles. The van der Waals surface area contributed by atoms with Gasteiger partial charge in [0.25, 0.3) is 0 Å². The zero-order valence-electron chi connectivity index (χ0n) is 15.6. The Hall–Kier alpha value is -3.02. The quantitative estimate of drug-likeness (QED) is 0.844. The van der Waals surface area contributed by atoms with Gasteiger partial charge < -0.3 is 19.9 Å². The predicted octanol–water partition coefficient (Wildman–Crippen LogP) is 1.70. The molecule has 1 aliphatic rings. The molecular weight excluding hydrogens is 342 g/mol. The van der Waals surface area contributed by atoms with Gasteiger partial charge in [0.1, 0.15) is 5.75 Å². The average molecular weight is 367 g/mol. The van der Waals surface area contributed by atoms with Crippen LogP contribution in [0.4, 0.5) is 5.69 Å². The lowest BCUT2D eigenvalue weighted by Gasteiger charge is -2.36. The van der Waals surface area contributed by atoms with Gasteiger partial charge in [-0.15, -0.1) is 0 Å². The van der Waals surface area contributed by atoms with E-state index >= 15 is 0 Å². The van der Waals surface area contributed by atoms with Gasteiger partial charge >= 0.3 is 0 Å². The van der Waals surface area contributed by atoms with Gasteiger partial charge in [0.2, 0.25) is 11.8 Å². The summed E-state index contributed by atoms with van der Waals surface area (Å²) in [6.07, 6.45) is 0.287. The Balaban J connectivity index is 1.45. The summed E-state index contributed by atoms with van der Waals surface area (Å²) in [4.78, 5) is 28.4. The maximum absolute atomic E-state index is 12.4. The molecule has 142 valence electrons. The molecule has 1 fully saturated rings. The van der Waals surface area contributed by atoms with Crippen molar-refractivity contribution >= 4 is 17.5 Å². The Bertz CT molecular complexity index is 771. The van der Waals surface area contributed by atoms with Gasteiger partial charge in [-0.3, -0.25) is 9.59 Å². The molecule has 1 saturated heterocycles. The Morgan fingerprint density at radius 3 is 2.33 bits per heavy atom. The highest BCUT2D eigenvalue weighted by atomic mass is 16.5. The number of anilines is 1. The average Bonchev–Trinajstić information content (AvgIpc) is 2.73. The number of amides is 2. The van der Waals surface area contributed by atoms with Crippen LogP contribution in [0.25, 0.3) is 0 Å². The van der Waals surface area contributed by atoms with Crippen molar-refractivity contribution in [3.8, 4) is 5.75 Å². The molecule has 6 heteroatoms. The second-order valence-electron chi connectivity index (χ2n) is 6.48. The van der Waals surface area contributed by atoms with Gasteiger partial charge in [0.05, 0.1) is 25.8 Å². The maximum atomic E-state index is 12.4. The Morgan fingerprint density at radius 1 is 0.963 bits per heavy atom. The number of nitrogens with one attached hydrogen (secondary N) is 1. The van der Waals surface area contributed by atoms with Crippen LogP contribution in [0.1, 0.15) is 5.56 Å². The summed E-state index contributed by atoms with van der Waals surface area (Å²) in [5, 5.41) is 2.73. The molecule has 0 spiro atoms. The zero-order valence-corrected chi connectivity index (χ0v) is 15.6. The number of methoxy groups -OCH3 is 1. The minimum absolute atomic E-state index is 0.0420. The predicted molar refractivity (Wildman–Crippen MR) is 105 cm³/mol. The number of rotatable bonds is 6. The van der Waals surface area contributed by atoms with Crippen LogP contribution in [0, 0.1) is 0 Å². The lowest BCUT2D eigenvalue weighted by atomic mass is 10.1. The summed E-state index contributed by atoms with van der Waals surface area (Å²) in [6, 6.07) is 17.4.